The lowest BCUT2D eigenvalue weighted by Crippen LogP contribution is -2.54. The lowest BCUT2D eigenvalue weighted by molar-refractivity contribution is -0.141. The molecule has 184 valence electrons. The summed E-state index contributed by atoms with van der Waals surface area (Å²) in [5.74, 6) is -4.02. The topological polar surface area (TPSA) is 209 Å². The van der Waals surface area contributed by atoms with Crippen LogP contribution in [0.1, 0.15) is 18.4 Å². The molecule has 0 saturated heterocycles. The number of carboxylic acid groups (broad SMARTS) is 1. The summed E-state index contributed by atoms with van der Waals surface area (Å²) in [5.41, 5.74) is 12.2. The molecule has 9 N–H and O–H groups in total. The van der Waals surface area contributed by atoms with Gasteiger partial charge in [-0.1, -0.05) is 18.2 Å². The number of hydrogen-bond acceptors (Lipinski definition) is 7. The van der Waals surface area contributed by atoms with Crippen molar-refractivity contribution < 1.29 is 29.1 Å². The lowest BCUT2D eigenvalue weighted by Gasteiger charge is -2.19. The Hall–Kier alpha value is -3.58. The average Bonchev–Trinajstić information content (AvgIpc) is 3.21. The van der Waals surface area contributed by atoms with Gasteiger partial charge in [-0.15, -0.1) is 0 Å². The smallest absolute Gasteiger partial charge is 0.326 e. The van der Waals surface area contributed by atoms with E-state index in [0.29, 0.717) is 0 Å². The quantitative estimate of drug-likeness (QED) is 0.153. The second kappa shape index (κ2) is 12.6. The van der Waals surface area contributed by atoms with E-state index in [9.17, 15) is 29.1 Å². The monoisotopic (exact) mass is 492 g/mol. The molecule has 0 aliphatic heterocycles. The van der Waals surface area contributed by atoms with Gasteiger partial charge in [-0.2, -0.15) is 12.6 Å². The van der Waals surface area contributed by atoms with Gasteiger partial charge in [-0.05, 0) is 18.1 Å². The van der Waals surface area contributed by atoms with Crippen LogP contribution in [0.4, 0.5) is 0 Å². The number of nitrogens with one attached hydrogen (secondary N) is 4. The standard InChI is InChI=1S/C21H28N6O6S/c22-13(5-6-17(23)28)19(30)27-16(10-34)20(31)25-9-18(29)26-15(21(32)33)7-11-8-24-14-4-2-1-3-12(11)14/h1-4,8,13,15-16,24,34H,5-7,9-10,22H2,(H2,23,28)(H,25,31)(H,26,29)(H,27,30)(H,32,33). The number of hydrogen-bond donors (Lipinski definition) is 8. The first-order valence-corrected chi connectivity index (χ1v) is 11.1. The largest absolute Gasteiger partial charge is 0.480 e. The second-order valence-electron chi connectivity index (χ2n) is 7.59. The number of para-hydroxylation sites is 1. The number of carboxylic acids is 1. The number of rotatable bonds is 13. The molecule has 2 aromatic rings. The number of nitrogens with two attached hydrogens (primary N) is 2. The number of fused-ring (bicyclic) bond motifs is 1. The summed E-state index contributed by atoms with van der Waals surface area (Å²) in [6.45, 7) is -0.510. The van der Waals surface area contributed by atoms with E-state index >= 15 is 0 Å². The van der Waals surface area contributed by atoms with E-state index in [0.717, 1.165) is 16.5 Å². The van der Waals surface area contributed by atoms with Crippen molar-refractivity contribution in [1.82, 2.24) is 20.9 Å². The van der Waals surface area contributed by atoms with Crippen LogP contribution in [0.3, 0.4) is 0 Å². The van der Waals surface area contributed by atoms with Crippen molar-refractivity contribution >= 4 is 53.1 Å². The van der Waals surface area contributed by atoms with E-state index in [2.05, 4.69) is 33.6 Å². The van der Waals surface area contributed by atoms with Gasteiger partial charge >= 0.3 is 5.97 Å². The van der Waals surface area contributed by atoms with Gasteiger partial charge in [0.2, 0.25) is 23.6 Å². The third-order valence-electron chi connectivity index (χ3n) is 5.01. The lowest BCUT2D eigenvalue weighted by atomic mass is 10.0. The third-order valence-corrected chi connectivity index (χ3v) is 5.37. The minimum atomic E-state index is -1.23. The van der Waals surface area contributed by atoms with Crippen molar-refractivity contribution in [3.8, 4) is 0 Å². The molecular formula is C21H28N6O6S. The van der Waals surface area contributed by atoms with Crippen LogP contribution in [0.5, 0.6) is 0 Å². The summed E-state index contributed by atoms with van der Waals surface area (Å²) in [6, 6.07) is 4.00. The van der Waals surface area contributed by atoms with Crippen molar-refractivity contribution in [3.63, 3.8) is 0 Å². The number of H-pyrrole nitrogens is 1. The zero-order valence-corrected chi connectivity index (χ0v) is 19.1. The van der Waals surface area contributed by atoms with Gasteiger partial charge in [0, 0.05) is 35.7 Å². The SMILES string of the molecule is NC(=O)CCC(N)C(=O)NC(CS)C(=O)NCC(=O)NC(Cc1c[nH]c2ccccc12)C(=O)O. The Morgan fingerprint density at radius 3 is 2.41 bits per heavy atom. The molecule has 1 aromatic carbocycles. The fraction of sp³-hybridized carbons (Fsp3) is 0.381. The maximum atomic E-state index is 12.3. The van der Waals surface area contributed by atoms with E-state index in [1.165, 1.54) is 0 Å². The minimum absolute atomic E-state index is 0.0114. The van der Waals surface area contributed by atoms with Crippen LogP contribution in [0.25, 0.3) is 10.9 Å². The zero-order chi connectivity index (χ0) is 25.3. The van der Waals surface area contributed by atoms with Crippen LogP contribution in [0.2, 0.25) is 0 Å². The number of carbonyl (C=O) groups is 5. The first kappa shape index (κ1) is 26.7. The van der Waals surface area contributed by atoms with Crippen molar-refractivity contribution in [2.45, 2.75) is 37.4 Å². The summed E-state index contributed by atoms with van der Waals surface area (Å²) >= 11 is 4.02. The Bertz CT molecular complexity index is 1060. The number of aromatic nitrogens is 1. The molecule has 2 rings (SSSR count). The summed E-state index contributed by atoms with van der Waals surface area (Å²) in [4.78, 5) is 62.2. The molecule has 4 amide bonds. The number of carbonyl (C=O) groups excluding carboxylic acids is 4. The normalized spacial score (nSPS) is 13.5. The van der Waals surface area contributed by atoms with Crippen LogP contribution in [0.15, 0.2) is 30.5 Å². The molecule has 0 saturated carbocycles. The summed E-state index contributed by atoms with van der Waals surface area (Å²) < 4.78 is 0. The predicted molar refractivity (Wildman–Crippen MR) is 127 cm³/mol. The van der Waals surface area contributed by atoms with Crippen molar-refractivity contribution in [2.75, 3.05) is 12.3 Å². The molecule has 3 unspecified atom stereocenters. The molecule has 0 bridgehead atoms. The number of thiol groups is 1. The highest BCUT2D eigenvalue weighted by Crippen LogP contribution is 2.19. The van der Waals surface area contributed by atoms with Crippen LogP contribution < -0.4 is 27.4 Å². The molecule has 1 heterocycles. The molecule has 0 aliphatic carbocycles. The zero-order valence-electron chi connectivity index (χ0n) is 18.2. The highest BCUT2D eigenvalue weighted by molar-refractivity contribution is 7.80. The van der Waals surface area contributed by atoms with Crippen molar-refractivity contribution in [1.29, 1.82) is 0 Å². The number of aliphatic carboxylic acids is 1. The molecular weight excluding hydrogens is 464 g/mol. The molecule has 3 atom stereocenters. The number of aromatic amines is 1. The van der Waals surface area contributed by atoms with Gasteiger partial charge < -0.3 is 37.5 Å². The average molecular weight is 493 g/mol. The van der Waals surface area contributed by atoms with Gasteiger partial charge in [-0.3, -0.25) is 19.2 Å². The second-order valence-corrected chi connectivity index (χ2v) is 7.96. The Morgan fingerprint density at radius 2 is 1.76 bits per heavy atom. The van der Waals surface area contributed by atoms with Crippen LogP contribution in [0, 0.1) is 0 Å². The Kier molecular flexibility index (Phi) is 9.89. The molecule has 1 aromatic heterocycles. The Balaban J connectivity index is 1.88. The van der Waals surface area contributed by atoms with Crippen molar-refractivity contribution in [3.05, 3.63) is 36.0 Å². The summed E-state index contributed by atoms with van der Waals surface area (Å²) in [5, 5.41) is 17.5. The van der Waals surface area contributed by atoms with Crippen LogP contribution >= 0.6 is 12.6 Å². The third kappa shape index (κ3) is 7.78. The van der Waals surface area contributed by atoms with Crippen LogP contribution in [-0.2, 0) is 30.4 Å². The van der Waals surface area contributed by atoms with Gasteiger partial charge in [0.05, 0.1) is 12.6 Å². The maximum Gasteiger partial charge on any atom is 0.326 e. The Labute approximate surface area is 200 Å². The summed E-state index contributed by atoms with van der Waals surface area (Å²) in [6.07, 6.45) is 1.65. The fourth-order valence-corrected chi connectivity index (χ4v) is 3.42. The van der Waals surface area contributed by atoms with Crippen LogP contribution in [-0.4, -0.2) is 70.1 Å². The number of benzene rings is 1. The molecule has 0 aliphatic rings. The van der Waals surface area contributed by atoms with E-state index in [1.54, 1.807) is 6.20 Å². The highest BCUT2D eigenvalue weighted by Gasteiger charge is 2.25. The molecule has 0 spiro atoms. The van der Waals surface area contributed by atoms with Gasteiger partial charge in [0.25, 0.3) is 0 Å². The van der Waals surface area contributed by atoms with Crippen molar-refractivity contribution in [2.24, 2.45) is 11.5 Å². The number of amides is 4. The summed E-state index contributed by atoms with van der Waals surface area (Å²) in [7, 11) is 0. The molecule has 34 heavy (non-hydrogen) atoms. The van der Waals surface area contributed by atoms with E-state index < -0.39 is 54.3 Å². The number of primary amides is 1. The van der Waals surface area contributed by atoms with E-state index in [-0.39, 0.29) is 25.0 Å². The van der Waals surface area contributed by atoms with Gasteiger partial charge in [-0.25, -0.2) is 4.79 Å². The fourth-order valence-electron chi connectivity index (χ4n) is 3.16. The Morgan fingerprint density at radius 1 is 1.06 bits per heavy atom. The highest BCUT2D eigenvalue weighted by atomic mass is 32.1. The maximum absolute atomic E-state index is 12.3. The molecule has 0 radical (unpaired) electrons. The first-order chi connectivity index (χ1) is 16.1. The van der Waals surface area contributed by atoms with E-state index in [4.69, 9.17) is 11.5 Å². The van der Waals surface area contributed by atoms with Gasteiger partial charge in [0.15, 0.2) is 0 Å². The van der Waals surface area contributed by atoms with Gasteiger partial charge in [0.1, 0.15) is 12.1 Å². The predicted octanol–water partition coefficient (Wildman–Crippen LogP) is -1.60. The molecule has 12 nitrogen and oxygen atoms in total. The molecule has 0 fully saturated rings. The molecule has 13 heteroatoms. The van der Waals surface area contributed by atoms with E-state index in [1.807, 2.05) is 24.3 Å². The minimum Gasteiger partial charge on any atom is -0.480 e. The first-order valence-electron chi connectivity index (χ1n) is 10.4.